The molecule has 0 radical (unpaired) electrons. The van der Waals surface area contributed by atoms with Gasteiger partial charge in [-0.15, -0.1) is 0 Å². The number of alkyl halides is 3. The molecule has 0 bridgehead atoms. The van der Waals surface area contributed by atoms with Gasteiger partial charge in [0.2, 0.25) is 5.95 Å². The van der Waals surface area contributed by atoms with E-state index >= 15 is 0 Å². The molecule has 1 aromatic heterocycles. The summed E-state index contributed by atoms with van der Waals surface area (Å²) in [7, 11) is -4.18. The van der Waals surface area contributed by atoms with Crippen molar-refractivity contribution in [3.05, 3.63) is 101 Å². The molecule has 1 aliphatic heterocycles. The lowest BCUT2D eigenvalue weighted by Crippen LogP contribution is -2.23. The third-order valence-corrected chi connectivity index (χ3v) is 8.09. The van der Waals surface area contributed by atoms with E-state index in [1.165, 1.54) is 30.3 Å². The number of hydrogen-bond acceptors (Lipinski definition) is 7. The van der Waals surface area contributed by atoms with Gasteiger partial charge in [0.25, 0.3) is 10.0 Å². The predicted molar refractivity (Wildman–Crippen MR) is 153 cm³/mol. The Morgan fingerprint density at radius 1 is 0.955 bits per heavy atom. The third-order valence-electron chi connectivity index (χ3n) is 6.77. The molecule has 1 atom stereocenters. The Morgan fingerprint density at radius 2 is 1.61 bits per heavy atom. The molecule has 13 heteroatoms. The standard InChI is InChI=1S/C31H27F4N3O5S/c1-30(2,3)43-28(39)19-6-4-18(5-7-19)26-14-20(31(33,34)35)8-10-23(26)24-12-13-42-27-15-22(9-11-25(24)27)44(40,41)38-29-36-16-21(32)17-37-29/h4-11,14-17,24H,12-13H2,1-3H3,(H,36,37,38)/t24-/m0/s1. The average molecular weight is 630 g/mol. The van der Waals surface area contributed by atoms with Crippen LogP contribution in [0.2, 0.25) is 0 Å². The van der Waals surface area contributed by atoms with Crippen LogP contribution >= 0.6 is 0 Å². The Morgan fingerprint density at radius 3 is 2.25 bits per heavy atom. The number of hydrogen-bond donors (Lipinski definition) is 1. The highest BCUT2D eigenvalue weighted by atomic mass is 32.2. The van der Waals surface area contributed by atoms with Gasteiger partial charge in [0.05, 0.1) is 35.0 Å². The normalized spacial score (nSPS) is 15.2. The van der Waals surface area contributed by atoms with Gasteiger partial charge in [-0.05, 0) is 74.2 Å². The largest absolute Gasteiger partial charge is 0.493 e. The Kier molecular flexibility index (Phi) is 8.10. The third kappa shape index (κ3) is 6.83. The first-order valence-corrected chi connectivity index (χ1v) is 14.9. The SMILES string of the molecule is CC(C)(C)OC(=O)c1ccc(-c2cc(C(F)(F)F)ccc2[C@@H]2CCOc3cc(S(=O)(=O)Nc4ncc(F)cn4)ccc32)cc1. The average Bonchev–Trinajstić information content (AvgIpc) is 2.96. The van der Waals surface area contributed by atoms with Crippen LogP contribution in [0.5, 0.6) is 5.75 Å². The van der Waals surface area contributed by atoms with Crippen molar-refractivity contribution in [3.63, 3.8) is 0 Å². The van der Waals surface area contributed by atoms with E-state index in [2.05, 4.69) is 14.7 Å². The minimum atomic E-state index is -4.60. The fraction of sp³-hybridized carbons (Fsp3) is 0.258. The number of nitrogens with one attached hydrogen (secondary N) is 1. The van der Waals surface area contributed by atoms with Crippen molar-refractivity contribution in [1.82, 2.24) is 9.97 Å². The topological polar surface area (TPSA) is 107 Å². The maximum Gasteiger partial charge on any atom is 0.416 e. The minimum absolute atomic E-state index is 0.171. The van der Waals surface area contributed by atoms with E-state index in [1.54, 1.807) is 39.0 Å². The summed E-state index contributed by atoms with van der Waals surface area (Å²) in [6, 6.07) is 13.8. The molecule has 1 aliphatic rings. The Labute approximate surface area is 251 Å². The summed E-state index contributed by atoms with van der Waals surface area (Å²) in [6.07, 6.45) is -2.55. The first-order valence-electron chi connectivity index (χ1n) is 13.4. The molecule has 0 amide bonds. The molecule has 0 saturated carbocycles. The van der Waals surface area contributed by atoms with Gasteiger partial charge in [-0.2, -0.15) is 13.2 Å². The fourth-order valence-electron chi connectivity index (χ4n) is 4.81. The number of halogens is 4. The number of carbonyl (C=O) groups is 1. The van der Waals surface area contributed by atoms with Crippen molar-refractivity contribution in [2.45, 2.75) is 49.8 Å². The second-order valence-corrected chi connectivity index (χ2v) is 12.8. The lowest BCUT2D eigenvalue weighted by molar-refractivity contribution is -0.137. The molecule has 0 unspecified atom stereocenters. The van der Waals surface area contributed by atoms with Crippen molar-refractivity contribution in [2.75, 3.05) is 11.3 Å². The molecule has 0 spiro atoms. The van der Waals surface area contributed by atoms with Gasteiger partial charge in [0.15, 0.2) is 5.82 Å². The number of anilines is 1. The van der Waals surface area contributed by atoms with Gasteiger partial charge in [0.1, 0.15) is 11.4 Å². The molecular weight excluding hydrogens is 602 g/mol. The highest BCUT2D eigenvalue weighted by Gasteiger charge is 2.33. The van der Waals surface area contributed by atoms with Crippen LogP contribution in [0.4, 0.5) is 23.5 Å². The van der Waals surface area contributed by atoms with Crippen molar-refractivity contribution in [2.24, 2.45) is 0 Å². The lowest BCUT2D eigenvalue weighted by atomic mass is 9.82. The van der Waals surface area contributed by atoms with Crippen LogP contribution in [0.25, 0.3) is 11.1 Å². The zero-order valence-electron chi connectivity index (χ0n) is 23.8. The number of sulfonamides is 1. The molecule has 0 saturated heterocycles. The number of carbonyl (C=O) groups excluding carboxylic acids is 1. The van der Waals surface area contributed by atoms with E-state index in [0.29, 0.717) is 28.7 Å². The molecule has 230 valence electrons. The van der Waals surface area contributed by atoms with E-state index in [4.69, 9.17) is 9.47 Å². The van der Waals surface area contributed by atoms with Crippen LogP contribution in [0.15, 0.2) is 78.0 Å². The molecule has 0 aliphatic carbocycles. The molecule has 3 aromatic carbocycles. The van der Waals surface area contributed by atoms with Crippen LogP contribution in [0.1, 0.15) is 60.2 Å². The molecule has 0 fully saturated rings. The molecular formula is C31H27F4N3O5S. The van der Waals surface area contributed by atoms with E-state index in [9.17, 15) is 30.8 Å². The Hall–Kier alpha value is -4.52. The van der Waals surface area contributed by atoms with E-state index in [0.717, 1.165) is 24.5 Å². The summed E-state index contributed by atoms with van der Waals surface area (Å²) in [6.45, 7) is 5.37. The number of rotatable bonds is 6. The lowest BCUT2D eigenvalue weighted by Gasteiger charge is -2.29. The monoisotopic (exact) mass is 629 g/mol. The molecule has 2 heterocycles. The van der Waals surface area contributed by atoms with Crippen LogP contribution in [0, 0.1) is 5.82 Å². The smallest absolute Gasteiger partial charge is 0.416 e. The van der Waals surface area contributed by atoms with Gasteiger partial charge in [-0.1, -0.05) is 24.3 Å². The second-order valence-electron chi connectivity index (χ2n) is 11.1. The van der Waals surface area contributed by atoms with Crippen molar-refractivity contribution in [1.29, 1.82) is 0 Å². The van der Waals surface area contributed by atoms with Gasteiger partial charge in [-0.25, -0.2) is 32.3 Å². The quantitative estimate of drug-likeness (QED) is 0.181. The van der Waals surface area contributed by atoms with Gasteiger partial charge in [-0.3, -0.25) is 0 Å². The van der Waals surface area contributed by atoms with Crippen LogP contribution in [-0.2, 0) is 20.9 Å². The number of aromatic nitrogens is 2. The van der Waals surface area contributed by atoms with Crippen LogP contribution in [-0.4, -0.2) is 36.6 Å². The Balaban J connectivity index is 1.52. The maximum atomic E-state index is 13.8. The number of esters is 1. The van der Waals surface area contributed by atoms with Crippen LogP contribution < -0.4 is 9.46 Å². The summed E-state index contributed by atoms with van der Waals surface area (Å²) in [5.74, 6) is -1.81. The van der Waals surface area contributed by atoms with E-state index in [-0.39, 0.29) is 28.8 Å². The summed E-state index contributed by atoms with van der Waals surface area (Å²) in [4.78, 5) is 19.6. The molecule has 1 N–H and O–H groups in total. The zero-order valence-corrected chi connectivity index (χ0v) is 24.6. The van der Waals surface area contributed by atoms with Gasteiger partial charge in [0, 0.05) is 17.5 Å². The predicted octanol–water partition coefficient (Wildman–Crippen LogP) is 6.97. The molecule has 44 heavy (non-hydrogen) atoms. The van der Waals surface area contributed by atoms with Gasteiger partial charge < -0.3 is 9.47 Å². The fourth-order valence-corrected chi connectivity index (χ4v) is 5.79. The summed E-state index contributed by atoms with van der Waals surface area (Å²) < 4.78 is 93.8. The minimum Gasteiger partial charge on any atom is -0.493 e. The summed E-state index contributed by atoms with van der Waals surface area (Å²) >= 11 is 0. The molecule has 4 aromatic rings. The molecule has 8 nitrogen and oxygen atoms in total. The summed E-state index contributed by atoms with van der Waals surface area (Å²) in [5.41, 5.74) is 0.608. The van der Waals surface area contributed by atoms with Gasteiger partial charge >= 0.3 is 12.1 Å². The van der Waals surface area contributed by atoms with Crippen molar-refractivity contribution in [3.8, 4) is 16.9 Å². The van der Waals surface area contributed by atoms with E-state index < -0.39 is 45.1 Å². The second kappa shape index (κ2) is 11.5. The van der Waals surface area contributed by atoms with E-state index in [1.807, 2.05) is 0 Å². The first kappa shape index (κ1) is 30.9. The van der Waals surface area contributed by atoms with Crippen molar-refractivity contribution < 1.29 is 40.2 Å². The maximum absolute atomic E-state index is 13.8. The zero-order chi connectivity index (χ0) is 31.9. The molecule has 5 rings (SSSR count). The van der Waals surface area contributed by atoms with Crippen molar-refractivity contribution >= 4 is 21.9 Å². The Bertz CT molecular complexity index is 1800. The summed E-state index contributed by atoms with van der Waals surface area (Å²) in [5, 5.41) is 0. The highest BCUT2D eigenvalue weighted by Crippen LogP contribution is 2.44. The number of benzene rings is 3. The number of nitrogens with zero attached hydrogens (tertiary/aromatic N) is 2. The number of ether oxygens (including phenoxy) is 2. The highest BCUT2D eigenvalue weighted by molar-refractivity contribution is 7.92. The first-order chi connectivity index (χ1) is 20.6. The van der Waals surface area contributed by atoms with Crippen LogP contribution in [0.3, 0.4) is 0 Å². The number of fused-ring (bicyclic) bond motifs is 1.